The molecule has 2 aromatic carbocycles. The molecule has 2 aromatic rings. The quantitative estimate of drug-likeness (QED) is 0.723. The fraction of sp³-hybridized carbons (Fsp3) is 0.333. The zero-order chi connectivity index (χ0) is 14.0. The lowest BCUT2D eigenvalue weighted by atomic mass is 10.1. The van der Waals surface area contributed by atoms with Gasteiger partial charge in [0, 0.05) is 12.6 Å². The van der Waals surface area contributed by atoms with E-state index in [1.54, 1.807) is 0 Å². The van der Waals surface area contributed by atoms with Gasteiger partial charge >= 0.3 is 0 Å². The summed E-state index contributed by atoms with van der Waals surface area (Å²) in [6.45, 7) is 1.90. The van der Waals surface area contributed by atoms with Gasteiger partial charge in [0.05, 0.1) is 0 Å². The van der Waals surface area contributed by atoms with Gasteiger partial charge in [0.15, 0.2) is 0 Å². The van der Waals surface area contributed by atoms with Crippen molar-refractivity contribution in [1.29, 1.82) is 0 Å². The van der Waals surface area contributed by atoms with E-state index in [9.17, 15) is 0 Å². The van der Waals surface area contributed by atoms with Crippen LogP contribution in [-0.4, -0.2) is 19.1 Å². The average Bonchev–Trinajstić information content (AvgIpc) is 2.49. The van der Waals surface area contributed by atoms with Gasteiger partial charge in [-0.1, -0.05) is 60.7 Å². The summed E-state index contributed by atoms with van der Waals surface area (Å²) < 4.78 is 0. The van der Waals surface area contributed by atoms with Crippen molar-refractivity contribution in [2.45, 2.75) is 25.3 Å². The zero-order valence-corrected chi connectivity index (χ0v) is 12.0. The Morgan fingerprint density at radius 2 is 1.45 bits per heavy atom. The second kappa shape index (κ2) is 8.51. The molecule has 0 bridgehead atoms. The summed E-state index contributed by atoms with van der Waals surface area (Å²) in [5.41, 5.74) is 8.85. The molecule has 0 aromatic heterocycles. The summed E-state index contributed by atoms with van der Waals surface area (Å²) >= 11 is 0. The minimum Gasteiger partial charge on any atom is -0.326 e. The van der Waals surface area contributed by atoms with Crippen molar-refractivity contribution in [3.63, 3.8) is 0 Å². The number of hydrogen-bond acceptors (Lipinski definition) is 2. The third kappa shape index (κ3) is 5.55. The Balaban J connectivity index is 1.57. The van der Waals surface area contributed by atoms with Crippen LogP contribution in [0, 0.1) is 0 Å². The zero-order valence-electron chi connectivity index (χ0n) is 12.0. The average molecular weight is 268 g/mol. The van der Waals surface area contributed by atoms with Crippen molar-refractivity contribution >= 4 is 0 Å². The maximum Gasteiger partial charge on any atom is 0.0206 e. The van der Waals surface area contributed by atoms with Crippen LogP contribution < -0.4 is 11.1 Å². The fourth-order valence-electron chi connectivity index (χ4n) is 2.34. The molecule has 0 fully saturated rings. The van der Waals surface area contributed by atoms with Crippen LogP contribution in [0.25, 0.3) is 0 Å². The highest BCUT2D eigenvalue weighted by molar-refractivity contribution is 5.16. The van der Waals surface area contributed by atoms with Crippen LogP contribution in [0.2, 0.25) is 0 Å². The maximum atomic E-state index is 6.14. The summed E-state index contributed by atoms with van der Waals surface area (Å²) in [6, 6.07) is 21.2. The molecule has 0 heterocycles. The van der Waals surface area contributed by atoms with Crippen molar-refractivity contribution in [3.8, 4) is 0 Å². The lowest BCUT2D eigenvalue weighted by Crippen LogP contribution is -2.36. The summed E-state index contributed by atoms with van der Waals surface area (Å²) in [5.74, 6) is 0. The van der Waals surface area contributed by atoms with E-state index in [4.69, 9.17) is 5.73 Å². The van der Waals surface area contributed by atoms with Crippen LogP contribution in [0.4, 0.5) is 0 Å². The first-order chi connectivity index (χ1) is 9.84. The molecule has 106 valence electrons. The first-order valence-electron chi connectivity index (χ1n) is 7.39. The van der Waals surface area contributed by atoms with Gasteiger partial charge in [-0.05, 0) is 36.9 Å². The number of benzene rings is 2. The molecule has 0 saturated heterocycles. The topological polar surface area (TPSA) is 38.0 Å². The summed E-state index contributed by atoms with van der Waals surface area (Å²) in [6.07, 6.45) is 3.22. The number of nitrogens with one attached hydrogen (secondary N) is 1. The van der Waals surface area contributed by atoms with Crippen molar-refractivity contribution in [1.82, 2.24) is 5.32 Å². The standard InChI is InChI=1S/C18H24N2/c19-18(14-17-10-5-2-6-11-17)15-20-13-7-12-16-8-3-1-4-9-16/h1-6,8-11,18,20H,7,12-15,19H2/t18-/m1/s1. The van der Waals surface area contributed by atoms with Crippen LogP contribution in [0.3, 0.4) is 0 Å². The molecule has 2 heteroatoms. The molecule has 0 unspecified atom stereocenters. The van der Waals surface area contributed by atoms with E-state index < -0.39 is 0 Å². The Bertz CT molecular complexity index is 467. The van der Waals surface area contributed by atoms with Gasteiger partial charge in [0.2, 0.25) is 0 Å². The summed E-state index contributed by atoms with van der Waals surface area (Å²) in [7, 11) is 0. The molecule has 20 heavy (non-hydrogen) atoms. The van der Waals surface area contributed by atoms with Gasteiger partial charge in [0.1, 0.15) is 0 Å². The number of nitrogens with two attached hydrogens (primary N) is 1. The van der Waals surface area contributed by atoms with Gasteiger partial charge in [-0.25, -0.2) is 0 Å². The van der Waals surface area contributed by atoms with E-state index in [0.717, 1.165) is 32.4 Å². The van der Waals surface area contributed by atoms with E-state index in [-0.39, 0.29) is 6.04 Å². The van der Waals surface area contributed by atoms with E-state index in [0.29, 0.717) is 0 Å². The highest BCUT2D eigenvalue weighted by atomic mass is 14.9. The van der Waals surface area contributed by atoms with Crippen molar-refractivity contribution in [2.24, 2.45) is 5.73 Å². The second-order valence-electron chi connectivity index (χ2n) is 5.24. The largest absolute Gasteiger partial charge is 0.326 e. The summed E-state index contributed by atoms with van der Waals surface area (Å²) in [4.78, 5) is 0. The fourth-order valence-corrected chi connectivity index (χ4v) is 2.34. The predicted octanol–water partition coefficient (Wildman–Crippen LogP) is 2.78. The molecule has 0 saturated carbocycles. The highest BCUT2D eigenvalue weighted by Crippen LogP contribution is 2.02. The van der Waals surface area contributed by atoms with Crippen LogP contribution in [-0.2, 0) is 12.8 Å². The molecular weight excluding hydrogens is 244 g/mol. The normalized spacial score (nSPS) is 12.2. The van der Waals surface area contributed by atoms with Gasteiger partial charge < -0.3 is 11.1 Å². The molecule has 0 amide bonds. The Morgan fingerprint density at radius 3 is 2.10 bits per heavy atom. The van der Waals surface area contributed by atoms with E-state index >= 15 is 0 Å². The molecule has 0 spiro atoms. The van der Waals surface area contributed by atoms with Gasteiger partial charge in [0.25, 0.3) is 0 Å². The third-order valence-corrected chi connectivity index (χ3v) is 3.41. The monoisotopic (exact) mass is 268 g/mol. The SMILES string of the molecule is N[C@@H](CNCCCc1ccccc1)Cc1ccccc1. The molecule has 2 rings (SSSR count). The smallest absolute Gasteiger partial charge is 0.0206 e. The molecule has 3 N–H and O–H groups in total. The lowest BCUT2D eigenvalue weighted by Gasteiger charge is -2.12. The molecule has 0 aliphatic carbocycles. The Kier molecular flexibility index (Phi) is 6.28. The minimum atomic E-state index is 0.189. The molecule has 1 atom stereocenters. The van der Waals surface area contributed by atoms with Gasteiger partial charge in [-0.2, -0.15) is 0 Å². The molecule has 2 nitrogen and oxygen atoms in total. The lowest BCUT2D eigenvalue weighted by molar-refractivity contribution is 0.562. The number of hydrogen-bond donors (Lipinski definition) is 2. The first kappa shape index (κ1) is 14.8. The Morgan fingerprint density at radius 1 is 0.850 bits per heavy atom. The van der Waals surface area contributed by atoms with Gasteiger partial charge in [-0.3, -0.25) is 0 Å². The molecule has 0 aliphatic rings. The highest BCUT2D eigenvalue weighted by Gasteiger charge is 2.03. The van der Waals surface area contributed by atoms with E-state index in [2.05, 4.69) is 59.9 Å². The van der Waals surface area contributed by atoms with Gasteiger partial charge in [-0.15, -0.1) is 0 Å². The van der Waals surface area contributed by atoms with Crippen molar-refractivity contribution in [3.05, 3.63) is 71.8 Å². The van der Waals surface area contributed by atoms with Crippen LogP contribution >= 0.6 is 0 Å². The molecule has 0 radical (unpaired) electrons. The van der Waals surface area contributed by atoms with Crippen LogP contribution in [0.5, 0.6) is 0 Å². The third-order valence-electron chi connectivity index (χ3n) is 3.41. The maximum absolute atomic E-state index is 6.14. The number of aryl methyl sites for hydroxylation is 1. The van der Waals surface area contributed by atoms with Crippen molar-refractivity contribution < 1.29 is 0 Å². The summed E-state index contributed by atoms with van der Waals surface area (Å²) in [5, 5.41) is 3.45. The van der Waals surface area contributed by atoms with E-state index in [1.807, 2.05) is 6.07 Å². The Hall–Kier alpha value is -1.64. The molecular formula is C18H24N2. The van der Waals surface area contributed by atoms with E-state index in [1.165, 1.54) is 11.1 Å². The van der Waals surface area contributed by atoms with Crippen molar-refractivity contribution in [2.75, 3.05) is 13.1 Å². The van der Waals surface area contributed by atoms with Crippen LogP contribution in [0.1, 0.15) is 17.5 Å². The second-order valence-corrected chi connectivity index (χ2v) is 5.24. The first-order valence-corrected chi connectivity index (χ1v) is 7.39. The van der Waals surface area contributed by atoms with Crippen LogP contribution in [0.15, 0.2) is 60.7 Å². The predicted molar refractivity (Wildman–Crippen MR) is 85.8 cm³/mol. The minimum absolute atomic E-state index is 0.189. The number of rotatable bonds is 8. The molecule has 0 aliphatic heterocycles. The Labute approximate surface area is 122 Å².